The van der Waals surface area contributed by atoms with Crippen LogP contribution in [0.1, 0.15) is 62.5 Å². The SMILES string of the molecule is CC(CCNC(=O)[C@@H]1CCC[C@H](NC(=O)OCC2c3ccccc3-c3ccccc32)C1)CC(=O)O. The molecular formula is C28H34N2O5. The molecule has 0 saturated heterocycles. The lowest BCUT2D eigenvalue weighted by molar-refractivity contribution is -0.138. The quantitative estimate of drug-likeness (QED) is 0.485. The van der Waals surface area contributed by atoms with E-state index < -0.39 is 12.1 Å². The lowest BCUT2D eigenvalue weighted by Crippen LogP contribution is -2.43. The fourth-order valence-corrected chi connectivity index (χ4v) is 5.35. The molecule has 3 atom stereocenters. The van der Waals surface area contributed by atoms with Crippen LogP contribution in [-0.2, 0) is 14.3 Å². The van der Waals surface area contributed by atoms with Gasteiger partial charge in [0.1, 0.15) is 6.61 Å². The van der Waals surface area contributed by atoms with Crippen molar-refractivity contribution >= 4 is 18.0 Å². The van der Waals surface area contributed by atoms with Crippen molar-refractivity contribution in [2.45, 2.75) is 57.4 Å². The first-order valence-corrected chi connectivity index (χ1v) is 12.5. The zero-order valence-corrected chi connectivity index (χ0v) is 20.2. The molecule has 7 nitrogen and oxygen atoms in total. The highest BCUT2D eigenvalue weighted by Crippen LogP contribution is 2.44. The van der Waals surface area contributed by atoms with Crippen LogP contribution in [0.5, 0.6) is 0 Å². The highest BCUT2D eigenvalue weighted by molar-refractivity contribution is 5.80. The van der Waals surface area contributed by atoms with Gasteiger partial charge >= 0.3 is 12.1 Å². The van der Waals surface area contributed by atoms with Crippen LogP contribution >= 0.6 is 0 Å². The van der Waals surface area contributed by atoms with E-state index in [1.807, 2.05) is 31.2 Å². The fraction of sp³-hybridized carbons (Fsp3) is 0.464. The summed E-state index contributed by atoms with van der Waals surface area (Å²) in [4.78, 5) is 36.0. The van der Waals surface area contributed by atoms with Gasteiger partial charge in [-0.15, -0.1) is 0 Å². The number of hydrogen-bond acceptors (Lipinski definition) is 4. The van der Waals surface area contributed by atoms with Crippen molar-refractivity contribution in [3.63, 3.8) is 0 Å². The van der Waals surface area contributed by atoms with E-state index >= 15 is 0 Å². The van der Waals surface area contributed by atoms with Gasteiger partial charge < -0.3 is 20.5 Å². The summed E-state index contributed by atoms with van der Waals surface area (Å²) in [6, 6.07) is 16.4. The Morgan fingerprint density at radius 3 is 2.34 bits per heavy atom. The molecule has 7 heteroatoms. The fourth-order valence-electron chi connectivity index (χ4n) is 5.35. The monoisotopic (exact) mass is 478 g/mol. The molecule has 1 unspecified atom stereocenters. The second-order valence-electron chi connectivity index (χ2n) is 9.81. The first kappa shape index (κ1) is 24.8. The molecule has 4 rings (SSSR count). The van der Waals surface area contributed by atoms with E-state index in [9.17, 15) is 14.4 Å². The number of amides is 2. The number of carbonyl (C=O) groups excluding carboxylic acids is 2. The van der Waals surface area contributed by atoms with E-state index in [4.69, 9.17) is 9.84 Å². The maximum absolute atomic E-state index is 12.6. The highest BCUT2D eigenvalue weighted by Gasteiger charge is 2.31. The number of nitrogens with one attached hydrogen (secondary N) is 2. The van der Waals surface area contributed by atoms with Gasteiger partial charge in [0.2, 0.25) is 5.91 Å². The van der Waals surface area contributed by atoms with E-state index in [2.05, 4.69) is 34.9 Å². The third kappa shape index (κ3) is 6.21. The molecule has 0 bridgehead atoms. The van der Waals surface area contributed by atoms with Crippen LogP contribution in [0.3, 0.4) is 0 Å². The number of carboxylic acids is 1. The summed E-state index contributed by atoms with van der Waals surface area (Å²) >= 11 is 0. The molecule has 186 valence electrons. The molecule has 2 amide bonds. The average molecular weight is 479 g/mol. The zero-order chi connectivity index (χ0) is 24.8. The standard InChI is InChI=1S/C28H34N2O5/c1-18(15-26(31)32)13-14-29-27(33)19-7-6-8-20(16-19)30-28(34)35-17-25-23-11-4-2-9-21(23)22-10-3-5-12-24(22)25/h2-5,9-12,18-20,25H,6-8,13-17H2,1H3,(H,29,33)(H,30,34)(H,31,32)/t18?,19-,20+/m1/s1. The summed E-state index contributed by atoms with van der Waals surface area (Å²) in [5.41, 5.74) is 4.73. The Morgan fingerprint density at radius 2 is 1.69 bits per heavy atom. The zero-order valence-electron chi connectivity index (χ0n) is 20.2. The van der Waals surface area contributed by atoms with Gasteiger partial charge in [-0.3, -0.25) is 9.59 Å². The molecule has 2 aromatic rings. The minimum atomic E-state index is -0.821. The van der Waals surface area contributed by atoms with Gasteiger partial charge in [0.05, 0.1) is 0 Å². The van der Waals surface area contributed by atoms with Gasteiger partial charge in [-0.2, -0.15) is 0 Å². The molecule has 1 fully saturated rings. The number of benzene rings is 2. The van der Waals surface area contributed by atoms with Crippen LogP contribution in [-0.4, -0.2) is 42.3 Å². The average Bonchev–Trinajstić information content (AvgIpc) is 3.16. The molecule has 0 aliphatic heterocycles. The molecule has 0 heterocycles. The van der Waals surface area contributed by atoms with Gasteiger partial charge in [0.25, 0.3) is 0 Å². The molecule has 2 aromatic carbocycles. The predicted octanol–water partition coefficient (Wildman–Crippen LogP) is 4.70. The van der Waals surface area contributed by atoms with Gasteiger partial charge in [-0.1, -0.05) is 61.9 Å². The maximum atomic E-state index is 12.6. The van der Waals surface area contributed by atoms with Crippen LogP contribution in [0, 0.1) is 11.8 Å². The van der Waals surface area contributed by atoms with Crippen molar-refractivity contribution in [3.05, 3.63) is 59.7 Å². The Hall–Kier alpha value is -3.35. The minimum absolute atomic E-state index is 0.0153. The van der Waals surface area contributed by atoms with E-state index in [1.165, 1.54) is 22.3 Å². The lowest BCUT2D eigenvalue weighted by Gasteiger charge is -2.29. The van der Waals surface area contributed by atoms with Crippen LogP contribution in [0.2, 0.25) is 0 Å². The number of hydrogen-bond donors (Lipinski definition) is 3. The third-order valence-corrected chi connectivity index (χ3v) is 7.17. The van der Waals surface area contributed by atoms with Crippen molar-refractivity contribution in [2.24, 2.45) is 11.8 Å². The Labute approximate surface area is 206 Å². The van der Waals surface area contributed by atoms with Crippen LogP contribution in [0.25, 0.3) is 11.1 Å². The largest absolute Gasteiger partial charge is 0.481 e. The third-order valence-electron chi connectivity index (χ3n) is 7.17. The Kier molecular flexibility index (Phi) is 8.06. The molecule has 3 N–H and O–H groups in total. The first-order chi connectivity index (χ1) is 16.9. The number of alkyl carbamates (subject to hydrolysis) is 1. The summed E-state index contributed by atoms with van der Waals surface area (Å²) in [6.07, 6.45) is 3.35. The van der Waals surface area contributed by atoms with E-state index in [0.29, 0.717) is 19.4 Å². The lowest BCUT2D eigenvalue weighted by atomic mass is 9.85. The number of fused-ring (bicyclic) bond motifs is 3. The van der Waals surface area contributed by atoms with Crippen molar-refractivity contribution in [1.82, 2.24) is 10.6 Å². The molecular weight excluding hydrogens is 444 g/mol. The Morgan fingerprint density at radius 1 is 1.03 bits per heavy atom. The molecule has 0 spiro atoms. The highest BCUT2D eigenvalue weighted by atomic mass is 16.5. The molecule has 35 heavy (non-hydrogen) atoms. The molecule has 2 aliphatic carbocycles. The van der Waals surface area contributed by atoms with Gasteiger partial charge in [-0.25, -0.2) is 4.79 Å². The van der Waals surface area contributed by atoms with E-state index in [0.717, 1.165) is 19.3 Å². The predicted molar refractivity (Wildman–Crippen MR) is 133 cm³/mol. The van der Waals surface area contributed by atoms with Crippen molar-refractivity contribution in [1.29, 1.82) is 0 Å². The van der Waals surface area contributed by atoms with Crippen molar-refractivity contribution in [2.75, 3.05) is 13.2 Å². The van der Waals surface area contributed by atoms with E-state index in [-0.39, 0.29) is 42.7 Å². The van der Waals surface area contributed by atoms with Gasteiger partial charge in [0.15, 0.2) is 0 Å². The van der Waals surface area contributed by atoms with Crippen LogP contribution in [0.4, 0.5) is 4.79 Å². The molecule has 0 radical (unpaired) electrons. The van der Waals surface area contributed by atoms with E-state index in [1.54, 1.807) is 0 Å². The second-order valence-corrected chi connectivity index (χ2v) is 9.81. The molecule has 2 aliphatic rings. The van der Waals surface area contributed by atoms with Gasteiger partial charge in [-0.05, 0) is 53.9 Å². The normalized spacial score (nSPS) is 19.8. The smallest absolute Gasteiger partial charge is 0.407 e. The number of carboxylic acid groups (broad SMARTS) is 1. The summed E-state index contributed by atoms with van der Waals surface area (Å²) in [6.45, 7) is 2.61. The summed E-state index contributed by atoms with van der Waals surface area (Å²) in [5, 5.41) is 14.8. The minimum Gasteiger partial charge on any atom is -0.481 e. The molecule has 1 saturated carbocycles. The van der Waals surface area contributed by atoms with Crippen molar-refractivity contribution < 1.29 is 24.2 Å². The Bertz CT molecular complexity index is 1020. The summed E-state index contributed by atoms with van der Waals surface area (Å²) in [7, 11) is 0. The molecule has 0 aromatic heterocycles. The number of ether oxygens (including phenoxy) is 1. The van der Waals surface area contributed by atoms with Crippen LogP contribution in [0.15, 0.2) is 48.5 Å². The first-order valence-electron chi connectivity index (χ1n) is 12.5. The number of aliphatic carboxylic acids is 1. The van der Waals surface area contributed by atoms with Gasteiger partial charge in [0, 0.05) is 30.8 Å². The Balaban J connectivity index is 1.24. The van der Waals surface area contributed by atoms with Crippen molar-refractivity contribution in [3.8, 4) is 11.1 Å². The maximum Gasteiger partial charge on any atom is 0.407 e. The second kappa shape index (κ2) is 11.4. The summed E-state index contributed by atoms with van der Waals surface area (Å²) in [5.74, 6) is -0.967. The summed E-state index contributed by atoms with van der Waals surface area (Å²) < 4.78 is 5.66. The topological polar surface area (TPSA) is 105 Å². The number of carbonyl (C=O) groups is 3. The van der Waals surface area contributed by atoms with Crippen LogP contribution < -0.4 is 10.6 Å². The number of rotatable bonds is 9.